The molecular weight excluding hydrogens is 396 g/mol. The minimum atomic E-state index is -1.45. The fraction of sp³-hybridized carbons (Fsp3) is 0.350. The lowest BCUT2D eigenvalue weighted by atomic mass is 9.97. The average Bonchev–Trinajstić information content (AvgIpc) is 2.72. The molecule has 1 aromatic rings. The Balaban J connectivity index is 0.000000171. The molecule has 10 nitrogen and oxygen atoms in total. The van der Waals surface area contributed by atoms with Gasteiger partial charge in [-0.25, -0.2) is 4.98 Å². The summed E-state index contributed by atoms with van der Waals surface area (Å²) in [7, 11) is 0. The molecule has 0 bridgehead atoms. The smallest absolute Gasteiger partial charge is 0.217 e. The summed E-state index contributed by atoms with van der Waals surface area (Å²) < 4.78 is 10.4. The summed E-state index contributed by atoms with van der Waals surface area (Å²) >= 11 is 0. The second kappa shape index (κ2) is 9.28. The van der Waals surface area contributed by atoms with Crippen LogP contribution in [0.2, 0.25) is 0 Å². The van der Waals surface area contributed by atoms with Crippen LogP contribution in [0.25, 0.3) is 22.6 Å². The van der Waals surface area contributed by atoms with Gasteiger partial charge in [0.1, 0.15) is 35.6 Å². The number of aromatic nitrogens is 1. The van der Waals surface area contributed by atoms with Crippen molar-refractivity contribution in [2.45, 2.75) is 37.6 Å². The molecule has 0 aromatic heterocycles. The molecule has 1 aromatic carbocycles. The summed E-state index contributed by atoms with van der Waals surface area (Å²) in [6.45, 7) is 0.687. The van der Waals surface area contributed by atoms with Gasteiger partial charge < -0.3 is 34.9 Å². The molecule has 3 aliphatic rings. The molecular formula is C20H22N2O8. The van der Waals surface area contributed by atoms with E-state index in [1.54, 1.807) is 6.07 Å². The van der Waals surface area contributed by atoms with Crippen molar-refractivity contribution >= 4 is 17.0 Å². The molecule has 2 heterocycles. The van der Waals surface area contributed by atoms with Crippen molar-refractivity contribution in [2.24, 2.45) is 0 Å². The van der Waals surface area contributed by atoms with Crippen LogP contribution in [0.5, 0.6) is 0 Å². The predicted molar refractivity (Wildman–Crippen MR) is 104 cm³/mol. The van der Waals surface area contributed by atoms with E-state index in [2.05, 4.69) is 10.3 Å². The first-order chi connectivity index (χ1) is 14.3. The van der Waals surface area contributed by atoms with Gasteiger partial charge in [-0.1, -0.05) is 12.1 Å². The third-order valence-corrected chi connectivity index (χ3v) is 4.53. The predicted octanol–water partition coefficient (Wildman–Crippen LogP) is -0.785. The van der Waals surface area contributed by atoms with Crippen LogP contribution in [-0.2, 0) is 9.53 Å². The van der Waals surface area contributed by atoms with Crippen LogP contribution in [0.1, 0.15) is 6.92 Å². The lowest BCUT2D eigenvalue weighted by molar-refractivity contribution is -0.253. The van der Waals surface area contributed by atoms with Crippen LogP contribution in [0.3, 0.4) is 0 Å². The maximum absolute atomic E-state index is 11.1. The number of benzene rings is 2. The van der Waals surface area contributed by atoms with Crippen molar-refractivity contribution in [1.82, 2.24) is 10.3 Å². The quantitative estimate of drug-likeness (QED) is 0.336. The number of amides is 1. The Morgan fingerprint density at radius 1 is 1.13 bits per heavy atom. The van der Waals surface area contributed by atoms with E-state index < -0.39 is 43.2 Å². The lowest BCUT2D eigenvalue weighted by Gasteiger charge is -2.40. The topological polar surface area (TPSA) is 162 Å². The molecule has 5 N–H and O–H groups in total. The zero-order valence-electron chi connectivity index (χ0n) is 16.0. The molecule has 0 spiro atoms. The second-order valence-corrected chi connectivity index (χ2v) is 6.77. The molecule has 0 saturated carbocycles. The second-order valence-electron chi connectivity index (χ2n) is 6.77. The summed E-state index contributed by atoms with van der Waals surface area (Å²) in [5.41, 5.74) is 2.12. The molecule has 160 valence electrons. The van der Waals surface area contributed by atoms with Gasteiger partial charge in [-0.2, -0.15) is 0 Å². The van der Waals surface area contributed by atoms with E-state index in [0.29, 0.717) is 17.0 Å². The summed E-state index contributed by atoms with van der Waals surface area (Å²) in [6, 6.07) is 11.0. The molecule has 0 radical (unpaired) electrons. The van der Waals surface area contributed by atoms with Crippen LogP contribution in [0, 0.1) is 0 Å². The maximum Gasteiger partial charge on any atom is 0.217 e. The summed E-state index contributed by atoms with van der Waals surface area (Å²) in [5, 5.41) is 39.4. The van der Waals surface area contributed by atoms with Crippen LogP contribution in [0.4, 0.5) is 0 Å². The Morgan fingerprint density at radius 3 is 2.57 bits per heavy atom. The number of nitrogens with one attached hydrogen (secondary N) is 1. The first-order valence-electron chi connectivity index (χ1n) is 9.17. The third-order valence-electron chi connectivity index (χ3n) is 4.53. The van der Waals surface area contributed by atoms with Crippen LogP contribution in [-0.4, -0.2) is 68.6 Å². The van der Waals surface area contributed by atoms with E-state index in [4.69, 9.17) is 14.3 Å². The molecule has 4 rings (SSSR count). The minimum absolute atomic E-state index is 0.0664. The number of hydrogen-bond acceptors (Lipinski definition) is 9. The van der Waals surface area contributed by atoms with E-state index in [9.17, 15) is 24.9 Å². The molecule has 1 saturated heterocycles. The molecule has 30 heavy (non-hydrogen) atoms. The third kappa shape index (κ3) is 4.81. The van der Waals surface area contributed by atoms with Crippen molar-refractivity contribution in [3.05, 3.63) is 52.7 Å². The van der Waals surface area contributed by atoms with Gasteiger partial charge in [0.05, 0.1) is 6.61 Å². The number of carbonyl (C=O) groups is 1. The Labute approximate surface area is 170 Å². The Hall–Kier alpha value is -2.89. The highest BCUT2D eigenvalue weighted by atomic mass is 16.6. The standard InChI is InChI=1S/C12H7NO2.C8H15NO6/c14-8-5-6-10-12(7-8)15-11-4-2-1-3-9(11)13-10;1-3(11)9-5-7(13)6(12)4(2-10)15-8(5)14/h1-7H;4-8,10,12-14H,2H2,1H3,(H,9,11)/t;4-,5-,6-,7-,8-/m.1/s1. The Kier molecular flexibility index (Phi) is 6.75. The van der Waals surface area contributed by atoms with Crippen LogP contribution < -0.4 is 10.7 Å². The van der Waals surface area contributed by atoms with Gasteiger partial charge in [0.2, 0.25) is 5.91 Å². The number of fused-ring (bicyclic) bond motifs is 2. The highest BCUT2D eigenvalue weighted by Crippen LogP contribution is 2.22. The van der Waals surface area contributed by atoms with Gasteiger partial charge in [0.15, 0.2) is 23.1 Å². The van der Waals surface area contributed by atoms with Crippen molar-refractivity contribution in [1.29, 1.82) is 0 Å². The monoisotopic (exact) mass is 418 g/mol. The van der Waals surface area contributed by atoms with E-state index in [1.807, 2.05) is 24.3 Å². The van der Waals surface area contributed by atoms with Gasteiger partial charge in [0.25, 0.3) is 0 Å². The number of carbonyl (C=O) groups excluding carboxylic acids is 1. The number of rotatable bonds is 2. The molecule has 5 atom stereocenters. The van der Waals surface area contributed by atoms with Gasteiger partial charge >= 0.3 is 0 Å². The highest BCUT2D eigenvalue weighted by Gasteiger charge is 2.43. The number of nitrogens with zero attached hydrogens (tertiary/aromatic N) is 1. The van der Waals surface area contributed by atoms with Gasteiger partial charge in [-0.15, -0.1) is 0 Å². The van der Waals surface area contributed by atoms with Crippen LogP contribution >= 0.6 is 0 Å². The van der Waals surface area contributed by atoms with E-state index in [1.165, 1.54) is 19.1 Å². The van der Waals surface area contributed by atoms with Crippen LogP contribution in [0.15, 0.2) is 51.7 Å². The zero-order valence-corrected chi connectivity index (χ0v) is 16.0. The molecule has 1 amide bonds. The van der Waals surface area contributed by atoms with E-state index in [0.717, 1.165) is 5.52 Å². The van der Waals surface area contributed by atoms with Gasteiger partial charge in [-0.05, 0) is 24.3 Å². The maximum atomic E-state index is 11.1. The summed E-state index contributed by atoms with van der Waals surface area (Å²) in [6.07, 6.45) is -5.24. The number of para-hydroxylation sites is 2. The lowest BCUT2D eigenvalue weighted by Crippen LogP contribution is -2.63. The SMILES string of the molecule is CC(=O)N[C@@H]1[C@@H](O)[C@H](O)[C@@H](CO)O[C@H]1O.O=c1ccc2nc3ccccc3oc-2c1. The van der Waals surface area contributed by atoms with Gasteiger partial charge in [-0.3, -0.25) is 9.59 Å². The Morgan fingerprint density at radius 2 is 1.87 bits per heavy atom. The highest BCUT2D eigenvalue weighted by molar-refractivity contribution is 5.75. The Bertz CT molecular complexity index is 1040. The molecule has 2 aliphatic heterocycles. The van der Waals surface area contributed by atoms with E-state index in [-0.39, 0.29) is 5.43 Å². The zero-order chi connectivity index (χ0) is 21.8. The molecule has 0 unspecified atom stereocenters. The molecule has 1 aliphatic carbocycles. The van der Waals surface area contributed by atoms with Crippen molar-refractivity contribution in [3.63, 3.8) is 0 Å². The summed E-state index contributed by atoms with van der Waals surface area (Å²) in [5.74, 6) is 0.0672. The molecule has 10 heteroatoms. The normalized spacial score (nSPS) is 26.1. The van der Waals surface area contributed by atoms with Crippen molar-refractivity contribution < 1.29 is 34.4 Å². The van der Waals surface area contributed by atoms with Crippen molar-refractivity contribution in [3.8, 4) is 11.5 Å². The molecule has 1 fully saturated rings. The van der Waals surface area contributed by atoms with Crippen molar-refractivity contribution in [2.75, 3.05) is 6.61 Å². The largest absolute Gasteiger partial charge is 0.453 e. The average molecular weight is 418 g/mol. The number of aliphatic hydroxyl groups excluding tert-OH is 4. The fourth-order valence-electron chi connectivity index (χ4n) is 3.04. The number of aliphatic hydroxyl groups is 4. The summed E-state index contributed by atoms with van der Waals surface area (Å²) in [4.78, 5) is 26.3. The first-order valence-corrected chi connectivity index (χ1v) is 9.17. The first kappa shape index (κ1) is 21.8. The van der Waals surface area contributed by atoms with E-state index >= 15 is 0 Å². The minimum Gasteiger partial charge on any atom is -0.453 e. The fourth-order valence-corrected chi connectivity index (χ4v) is 3.04. The number of hydrogen-bond donors (Lipinski definition) is 5. The number of ether oxygens (including phenoxy) is 1. The van der Waals surface area contributed by atoms with Gasteiger partial charge in [0, 0.05) is 13.0 Å².